The zero-order valence-corrected chi connectivity index (χ0v) is 10.7. The number of rotatable bonds is 4. The zero-order valence-electron chi connectivity index (χ0n) is 10.7. The fraction of sp³-hybridized carbons (Fsp3) is 0.538. The van der Waals surface area contributed by atoms with Crippen molar-refractivity contribution in [2.45, 2.75) is 38.9 Å². The van der Waals surface area contributed by atoms with Crippen molar-refractivity contribution in [1.29, 1.82) is 0 Å². The first-order valence-electron chi connectivity index (χ1n) is 5.54. The van der Waals surface area contributed by atoms with Crippen LogP contribution in [0.4, 0.5) is 8.78 Å². The van der Waals surface area contributed by atoms with Crippen LogP contribution in [-0.2, 0) is 6.42 Å². The van der Waals surface area contributed by atoms with Crippen molar-refractivity contribution in [2.75, 3.05) is 7.11 Å². The Morgan fingerprint density at radius 2 is 2.00 bits per heavy atom. The summed E-state index contributed by atoms with van der Waals surface area (Å²) in [4.78, 5) is 0. The van der Waals surface area contributed by atoms with E-state index < -0.39 is 17.5 Å². The van der Waals surface area contributed by atoms with E-state index in [2.05, 4.69) is 0 Å². The predicted octanol–water partition coefficient (Wildman–Crippen LogP) is 3.14. The number of hydrogen-bond acceptors (Lipinski definition) is 2. The molecular weight excluding hydrogens is 224 g/mol. The average molecular weight is 243 g/mol. The van der Waals surface area contributed by atoms with Crippen molar-refractivity contribution in [3.63, 3.8) is 0 Å². The van der Waals surface area contributed by atoms with Crippen LogP contribution >= 0.6 is 0 Å². The number of methoxy groups -OCH3 is 1. The predicted molar refractivity (Wildman–Crippen MR) is 64.4 cm³/mol. The van der Waals surface area contributed by atoms with Crippen molar-refractivity contribution >= 4 is 0 Å². The molecule has 4 heteroatoms. The SMILES string of the molecule is COc1c(F)cc(C(C)F)cc1CC(C)(C)N. The second-order valence-electron chi connectivity index (χ2n) is 4.98. The molecule has 0 heterocycles. The second kappa shape index (κ2) is 5.00. The maximum Gasteiger partial charge on any atom is 0.165 e. The third kappa shape index (κ3) is 3.66. The van der Waals surface area contributed by atoms with Gasteiger partial charge in [-0.1, -0.05) is 0 Å². The molecule has 2 N–H and O–H groups in total. The Balaban J connectivity index is 3.24. The van der Waals surface area contributed by atoms with Crippen molar-refractivity contribution in [3.8, 4) is 5.75 Å². The van der Waals surface area contributed by atoms with Gasteiger partial charge in [0, 0.05) is 5.54 Å². The standard InChI is InChI=1S/C13H19F2NO/c1-8(14)9-5-10(7-13(2,3)16)12(17-4)11(15)6-9/h5-6,8H,7,16H2,1-4H3. The summed E-state index contributed by atoms with van der Waals surface area (Å²) in [6.45, 7) is 5.03. The van der Waals surface area contributed by atoms with Gasteiger partial charge in [0.25, 0.3) is 0 Å². The average Bonchev–Trinajstić information content (AvgIpc) is 2.14. The van der Waals surface area contributed by atoms with Crippen LogP contribution in [0.15, 0.2) is 12.1 Å². The van der Waals surface area contributed by atoms with Crippen LogP contribution in [0.3, 0.4) is 0 Å². The molecule has 1 unspecified atom stereocenters. The van der Waals surface area contributed by atoms with E-state index in [0.29, 0.717) is 17.5 Å². The molecule has 0 aliphatic heterocycles. The Bertz CT molecular complexity index is 397. The molecule has 0 aromatic heterocycles. The van der Waals surface area contributed by atoms with E-state index in [0.717, 1.165) is 6.07 Å². The van der Waals surface area contributed by atoms with Crippen LogP contribution in [0.1, 0.15) is 38.1 Å². The van der Waals surface area contributed by atoms with Crippen LogP contribution in [0, 0.1) is 5.82 Å². The van der Waals surface area contributed by atoms with Crippen LogP contribution < -0.4 is 10.5 Å². The monoisotopic (exact) mass is 243 g/mol. The van der Waals surface area contributed by atoms with Crippen molar-refractivity contribution in [3.05, 3.63) is 29.1 Å². The molecule has 96 valence electrons. The molecule has 17 heavy (non-hydrogen) atoms. The molecule has 1 aromatic rings. The Morgan fingerprint density at radius 3 is 2.41 bits per heavy atom. The molecule has 1 atom stereocenters. The van der Waals surface area contributed by atoms with E-state index >= 15 is 0 Å². The summed E-state index contributed by atoms with van der Waals surface area (Å²) in [5.41, 5.74) is 6.30. The second-order valence-corrected chi connectivity index (χ2v) is 4.98. The van der Waals surface area contributed by atoms with E-state index in [1.54, 1.807) is 6.07 Å². The largest absolute Gasteiger partial charge is 0.493 e. The molecule has 0 spiro atoms. The number of hydrogen-bond donors (Lipinski definition) is 1. The zero-order chi connectivity index (χ0) is 13.2. The van der Waals surface area contributed by atoms with Crippen LogP contribution in [-0.4, -0.2) is 12.6 Å². The molecule has 2 nitrogen and oxygen atoms in total. The Hall–Kier alpha value is -1.16. The van der Waals surface area contributed by atoms with Gasteiger partial charge in [0.2, 0.25) is 0 Å². The minimum atomic E-state index is -1.21. The summed E-state index contributed by atoms with van der Waals surface area (Å²) >= 11 is 0. The first-order valence-corrected chi connectivity index (χ1v) is 5.54. The number of ether oxygens (including phenoxy) is 1. The molecule has 1 aromatic carbocycles. The fourth-order valence-electron chi connectivity index (χ4n) is 1.75. The van der Waals surface area contributed by atoms with Crippen LogP contribution in [0.25, 0.3) is 0 Å². The summed E-state index contributed by atoms with van der Waals surface area (Å²) < 4.78 is 31.9. The number of benzene rings is 1. The van der Waals surface area contributed by atoms with Crippen molar-refractivity contribution < 1.29 is 13.5 Å². The minimum absolute atomic E-state index is 0.146. The van der Waals surface area contributed by atoms with Gasteiger partial charge in [-0.2, -0.15) is 0 Å². The third-order valence-electron chi connectivity index (χ3n) is 2.45. The maximum absolute atomic E-state index is 13.7. The van der Waals surface area contributed by atoms with E-state index in [-0.39, 0.29) is 5.75 Å². The minimum Gasteiger partial charge on any atom is -0.493 e. The van der Waals surface area contributed by atoms with Gasteiger partial charge in [0.05, 0.1) is 7.11 Å². The highest BCUT2D eigenvalue weighted by Crippen LogP contribution is 2.30. The quantitative estimate of drug-likeness (QED) is 0.881. The normalized spacial score (nSPS) is 13.6. The fourth-order valence-corrected chi connectivity index (χ4v) is 1.75. The van der Waals surface area contributed by atoms with Crippen molar-refractivity contribution in [1.82, 2.24) is 0 Å². The lowest BCUT2D eigenvalue weighted by atomic mass is 9.93. The van der Waals surface area contributed by atoms with Crippen LogP contribution in [0.2, 0.25) is 0 Å². The van der Waals surface area contributed by atoms with Gasteiger partial charge in [-0.05, 0) is 50.5 Å². The lowest BCUT2D eigenvalue weighted by molar-refractivity contribution is 0.359. The lowest BCUT2D eigenvalue weighted by Crippen LogP contribution is -2.34. The third-order valence-corrected chi connectivity index (χ3v) is 2.45. The first-order chi connectivity index (χ1) is 7.74. The molecule has 0 fully saturated rings. The molecule has 0 aliphatic rings. The lowest BCUT2D eigenvalue weighted by Gasteiger charge is -2.21. The summed E-state index contributed by atoms with van der Waals surface area (Å²) in [6.07, 6.45) is -0.789. The molecule has 0 amide bonds. The maximum atomic E-state index is 13.7. The Kier molecular flexibility index (Phi) is 4.09. The molecule has 0 radical (unpaired) electrons. The highest BCUT2D eigenvalue weighted by Gasteiger charge is 2.19. The van der Waals surface area contributed by atoms with Gasteiger partial charge in [0.15, 0.2) is 11.6 Å². The number of nitrogens with two attached hydrogens (primary N) is 1. The topological polar surface area (TPSA) is 35.2 Å². The van der Waals surface area contributed by atoms with Gasteiger partial charge in [-0.25, -0.2) is 8.78 Å². The van der Waals surface area contributed by atoms with E-state index in [9.17, 15) is 8.78 Å². The van der Waals surface area contributed by atoms with Gasteiger partial charge < -0.3 is 10.5 Å². The molecule has 0 saturated carbocycles. The highest BCUT2D eigenvalue weighted by atomic mass is 19.1. The summed E-state index contributed by atoms with van der Waals surface area (Å²) in [7, 11) is 1.39. The van der Waals surface area contributed by atoms with Gasteiger partial charge in [0.1, 0.15) is 6.17 Å². The summed E-state index contributed by atoms with van der Waals surface area (Å²) in [5.74, 6) is -0.401. The highest BCUT2D eigenvalue weighted by molar-refractivity contribution is 5.40. The number of alkyl halides is 1. The molecule has 0 saturated heterocycles. The summed E-state index contributed by atoms with van der Waals surface area (Å²) in [5, 5.41) is 0. The van der Waals surface area contributed by atoms with E-state index in [1.165, 1.54) is 14.0 Å². The van der Waals surface area contributed by atoms with Crippen molar-refractivity contribution in [2.24, 2.45) is 5.73 Å². The van der Waals surface area contributed by atoms with Crippen LogP contribution in [0.5, 0.6) is 5.75 Å². The molecule has 0 aliphatic carbocycles. The molecule has 0 bridgehead atoms. The van der Waals surface area contributed by atoms with Gasteiger partial charge in [-0.15, -0.1) is 0 Å². The van der Waals surface area contributed by atoms with E-state index in [1.807, 2.05) is 13.8 Å². The first kappa shape index (κ1) is 13.9. The molecule has 1 rings (SSSR count). The van der Waals surface area contributed by atoms with E-state index in [4.69, 9.17) is 10.5 Å². The Labute approximate surface area is 101 Å². The number of halogens is 2. The molecular formula is C13H19F2NO. The summed E-state index contributed by atoms with van der Waals surface area (Å²) in [6, 6.07) is 2.78. The van der Waals surface area contributed by atoms with Gasteiger partial charge in [-0.3, -0.25) is 0 Å². The van der Waals surface area contributed by atoms with Gasteiger partial charge >= 0.3 is 0 Å². The smallest absolute Gasteiger partial charge is 0.165 e. The Morgan fingerprint density at radius 1 is 1.41 bits per heavy atom.